The number of aliphatic carboxylic acids is 1. The van der Waals surface area contributed by atoms with Crippen molar-refractivity contribution < 1.29 is 14.3 Å². The van der Waals surface area contributed by atoms with E-state index in [9.17, 15) is 14.3 Å². The summed E-state index contributed by atoms with van der Waals surface area (Å²) in [6, 6.07) is 15.6. The van der Waals surface area contributed by atoms with Gasteiger partial charge in [0.15, 0.2) is 0 Å². The van der Waals surface area contributed by atoms with E-state index >= 15 is 0 Å². The summed E-state index contributed by atoms with van der Waals surface area (Å²) >= 11 is 0. The second-order valence-corrected chi connectivity index (χ2v) is 5.26. The molecule has 1 saturated heterocycles. The maximum atomic E-state index is 13.1. The van der Waals surface area contributed by atoms with E-state index in [1.165, 1.54) is 12.1 Å². The number of carboxylic acids is 1. The lowest BCUT2D eigenvalue weighted by Gasteiger charge is -2.29. The van der Waals surface area contributed by atoms with Crippen molar-refractivity contribution in [1.82, 2.24) is 0 Å². The molecule has 2 atom stereocenters. The Morgan fingerprint density at radius 1 is 1.10 bits per heavy atom. The smallest absolute Gasteiger partial charge is 0.309 e. The van der Waals surface area contributed by atoms with Gasteiger partial charge in [0.25, 0.3) is 0 Å². The van der Waals surface area contributed by atoms with Crippen LogP contribution in [0.1, 0.15) is 18.0 Å². The number of hydrogen-bond donors (Lipinski definition) is 1. The second kappa shape index (κ2) is 5.56. The number of carbonyl (C=O) groups is 1. The largest absolute Gasteiger partial charge is 0.481 e. The fraction of sp³-hybridized carbons (Fsp3) is 0.235. The molecule has 2 aromatic carbocycles. The quantitative estimate of drug-likeness (QED) is 0.938. The van der Waals surface area contributed by atoms with E-state index in [0.29, 0.717) is 13.0 Å². The van der Waals surface area contributed by atoms with Gasteiger partial charge in [-0.25, -0.2) is 4.39 Å². The molecule has 0 radical (unpaired) electrons. The van der Waals surface area contributed by atoms with Crippen LogP contribution in [0.3, 0.4) is 0 Å². The number of halogens is 1. The molecule has 21 heavy (non-hydrogen) atoms. The summed E-state index contributed by atoms with van der Waals surface area (Å²) < 4.78 is 13.1. The summed E-state index contributed by atoms with van der Waals surface area (Å²) in [4.78, 5) is 13.6. The zero-order valence-electron chi connectivity index (χ0n) is 11.4. The first kappa shape index (κ1) is 13.6. The van der Waals surface area contributed by atoms with Crippen LogP contribution >= 0.6 is 0 Å². The van der Waals surface area contributed by atoms with Gasteiger partial charge in [-0.05, 0) is 36.2 Å². The summed E-state index contributed by atoms with van der Waals surface area (Å²) in [6.45, 7) is 0.655. The van der Waals surface area contributed by atoms with Crippen molar-refractivity contribution >= 4 is 11.7 Å². The van der Waals surface area contributed by atoms with Gasteiger partial charge in [0, 0.05) is 12.2 Å². The highest BCUT2D eigenvalue weighted by atomic mass is 19.1. The SMILES string of the molecule is O=C(O)[C@@H]1CCN(c2ccc(F)cc2)[C@@H]1c1ccccc1. The van der Waals surface area contributed by atoms with Gasteiger partial charge in [0.1, 0.15) is 5.82 Å². The minimum atomic E-state index is -0.784. The van der Waals surface area contributed by atoms with Gasteiger partial charge in [-0.15, -0.1) is 0 Å². The first-order valence-electron chi connectivity index (χ1n) is 6.97. The molecular weight excluding hydrogens is 269 g/mol. The summed E-state index contributed by atoms with van der Waals surface area (Å²) in [6.07, 6.45) is 0.590. The van der Waals surface area contributed by atoms with Crippen LogP contribution in [0.4, 0.5) is 10.1 Å². The second-order valence-electron chi connectivity index (χ2n) is 5.26. The Labute approximate surface area is 122 Å². The molecule has 1 fully saturated rings. The molecule has 1 N–H and O–H groups in total. The van der Waals surface area contributed by atoms with Crippen LogP contribution in [0.25, 0.3) is 0 Å². The highest BCUT2D eigenvalue weighted by Gasteiger charge is 2.39. The Kier molecular flexibility index (Phi) is 3.60. The minimum absolute atomic E-state index is 0.214. The van der Waals surface area contributed by atoms with Gasteiger partial charge in [-0.2, -0.15) is 0 Å². The fourth-order valence-electron chi connectivity index (χ4n) is 3.04. The van der Waals surface area contributed by atoms with E-state index in [4.69, 9.17) is 0 Å². The summed E-state index contributed by atoms with van der Waals surface area (Å²) in [5.74, 6) is -1.52. The Hall–Kier alpha value is -2.36. The number of hydrogen-bond acceptors (Lipinski definition) is 2. The molecule has 0 bridgehead atoms. The van der Waals surface area contributed by atoms with Gasteiger partial charge in [-0.3, -0.25) is 4.79 Å². The zero-order valence-corrected chi connectivity index (χ0v) is 11.4. The van der Waals surface area contributed by atoms with E-state index < -0.39 is 11.9 Å². The molecule has 1 aliphatic heterocycles. The lowest BCUT2D eigenvalue weighted by atomic mass is 9.93. The Balaban J connectivity index is 1.99. The zero-order chi connectivity index (χ0) is 14.8. The van der Waals surface area contributed by atoms with Crippen molar-refractivity contribution in [2.24, 2.45) is 5.92 Å². The van der Waals surface area contributed by atoms with E-state index in [2.05, 4.69) is 0 Å². The maximum absolute atomic E-state index is 13.1. The molecule has 0 amide bonds. The molecule has 0 unspecified atom stereocenters. The van der Waals surface area contributed by atoms with Gasteiger partial charge >= 0.3 is 5.97 Å². The predicted molar refractivity (Wildman–Crippen MR) is 78.7 cm³/mol. The van der Waals surface area contributed by atoms with Crippen molar-refractivity contribution in [3.8, 4) is 0 Å². The van der Waals surface area contributed by atoms with Crippen LogP contribution in [0.5, 0.6) is 0 Å². The van der Waals surface area contributed by atoms with Gasteiger partial charge in [0.05, 0.1) is 12.0 Å². The Morgan fingerprint density at radius 2 is 1.76 bits per heavy atom. The third-order valence-corrected chi connectivity index (χ3v) is 4.01. The first-order valence-corrected chi connectivity index (χ1v) is 6.97. The lowest BCUT2D eigenvalue weighted by molar-refractivity contribution is -0.141. The van der Waals surface area contributed by atoms with Crippen molar-refractivity contribution in [2.75, 3.05) is 11.4 Å². The normalized spacial score (nSPS) is 21.5. The molecule has 0 aromatic heterocycles. The predicted octanol–water partition coefficient (Wildman–Crippen LogP) is 3.48. The third kappa shape index (κ3) is 2.61. The number of carboxylic acid groups (broad SMARTS) is 1. The number of rotatable bonds is 3. The summed E-state index contributed by atoms with van der Waals surface area (Å²) in [7, 11) is 0. The maximum Gasteiger partial charge on any atom is 0.309 e. The molecule has 0 spiro atoms. The van der Waals surface area contributed by atoms with E-state index in [-0.39, 0.29) is 11.9 Å². The molecular formula is C17H16FNO2. The monoisotopic (exact) mass is 285 g/mol. The number of nitrogens with zero attached hydrogens (tertiary/aromatic N) is 1. The van der Waals surface area contributed by atoms with Gasteiger partial charge in [-0.1, -0.05) is 30.3 Å². The first-order chi connectivity index (χ1) is 10.2. The topological polar surface area (TPSA) is 40.5 Å². The van der Waals surface area contributed by atoms with E-state index in [1.807, 2.05) is 35.2 Å². The Morgan fingerprint density at radius 3 is 2.38 bits per heavy atom. The Bertz CT molecular complexity index is 627. The van der Waals surface area contributed by atoms with Crippen molar-refractivity contribution in [3.05, 3.63) is 66.0 Å². The van der Waals surface area contributed by atoms with Gasteiger partial charge < -0.3 is 10.0 Å². The average molecular weight is 285 g/mol. The van der Waals surface area contributed by atoms with Crippen LogP contribution in [0.2, 0.25) is 0 Å². The van der Waals surface area contributed by atoms with Gasteiger partial charge in [0.2, 0.25) is 0 Å². The van der Waals surface area contributed by atoms with Crippen LogP contribution in [0.15, 0.2) is 54.6 Å². The molecule has 108 valence electrons. The fourth-order valence-corrected chi connectivity index (χ4v) is 3.04. The molecule has 1 aliphatic rings. The standard InChI is InChI=1S/C17H16FNO2/c18-13-6-8-14(9-7-13)19-11-10-15(17(20)21)16(19)12-4-2-1-3-5-12/h1-9,15-16H,10-11H2,(H,20,21)/t15-,16-/m1/s1. The lowest BCUT2D eigenvalue weighted by Crippen LogP contribution is -2.28. The van der Waals surface area contributed by atoms with Crippen LogP contribution in [0, 0.1) is 11.7 Å². The molecule has 1 heterocycles. The molecule has 2 aromatic rings. The molecule has 3 nitrogen and oxygen atoms in total. The third-order valence-electron chi connectivity index (χ3n) is 4.01. The van der Waals surface area contributed by atoms with Crippen molar-refractivity contribution in [3.63, 3.8) is 0 Å². The minimum Gasteiger partial charge on any atom is -0.481 e. The summed E-state index contributed by atoms with van der Waals surface area (Å²) in [5, 5.41) is 9.47. The molecule has 0 saturated carbocycles. The van der Waals surface area contributed by atoms with Crippen LogP contribution in [-0.2, 0) is 4.79 Å². The average Bonchev–Trinajstić information content (AvgIpc) is 2.94. The van der Waals surface area contributed by atoms with E-state index in [1.54, 1.807) is 12.1 Å². The molecule has 3 rings (SSSR count). The molecule has 4 heteroatoms. The van der Waals surface area contributed by atoms with Crippen molar-refractivity contribution in [1.29, 1.82) is 0 Å². The van der Waals surface area contributed by atoms with E-state index in [0.717, 1.165) is 11.3 Å². The van der Waals surface area contributed by atoms with Crippen molar-refractivity contribution in [2.45, 2.75) is 12.5 Å². The van der Waals surface area contributed by atoms with Crippen LogP contribution < -0.4 is 4.90 Å². The highest BCUT2D eigenvalue weighted by molar-refractivity contribution is 5.73. The van der Waals surface area contributed by atoms with Crippen LogP contribution in [-0.4, -0.2) is 17.6 Å². The highest BCUT2D eigenvalue weighted by Crippen LogP contribution is 2.40. The molecule has 0 aliphatic carbocycles. The number of benzene rings is 2. The number of anilines is 1. The summed E-state index contributed by atoms with van der Waals surface area (Å²) in [5.41, 5.74) is 1.83.